The van der Waals surface area contributed by atoms with Crippen LogP contribution in [0.3, 0.4) is 0 Å². The minimum atomic E-state index is 0. The smallest absolute Gasteiger partial charge is 0.240 e. The summed E-state index contributed by atoms with van der Waals surface area (Å²) in [5.74, 6) is 1.26. The van der Waals surface area contributed by atoms with Crippen molar-refractivity contribution >= 4 is 18.3 Å². The number of hydrogen-bond donors (Lipinski definition) is 2. The van der Waals surface area contributed by atoms with Crippen molar-refractivity contribution in [1.82, 2.24) is 20.4 Å². The first kappa shape index (κ1) is 17.9. The van der Waals surface area contributed by atoms with Gasteiger partial charge in [0.1, 0.15) is 0 Å². The maximum atomic E-state index is 11.6. The number of halogens is 1. The van der Waals surface area contributed by atoms with Gasteiger partial charge in [0, 0.05) is 19.0 Å². The Morgan fingerprint density at radius 3 is 3.05 bits per heavy atom. The molecule has 2 heterocycles. The van der Waals surface area contributed by atoms with Crippen molar-refractivity contribution in [2.24, 2.45) is 5.73 Å². The molecule has 0 radical (unpaired) electrons. The van der Waals surface area contributed by atoms with Gasteiger partial charge >= 0.3 is 0 Å². The zero-order chi connectivity index (χ0) is 14.4. The van der Waals surface area contributed by atoms with E-state index in [0.29, 0.717) is 24.7 Å². The second-order valence-electron chi connectivity index (χ2n) is 5.20. The van der Waals surface area contributed by atoms with E-state index in [9.17, 15) is 4.79 Å². The highest BCUT2D eigenvalue weighted by Gasteiger charge is 2.22. The van der Waals surface area contributed by atoms with E-state index < -0.39 is 0 Å². The highest BCUT2D eigenvalue weighted by Crippen LogP contribution is 2.13. The molecule has 1 amide bonds. The lowest BCUT2D eigenvalue weighted by Gasteiger charge is -2.32. The van der Waals surface area contributed by atoms with E-state index in [-0.39, 0.29) is 30.9 Å². The van der Waals surface area contributed by atoms with E-state index in [1.807, 2.05) is 6.92 Å². The van der Waals surface area contributed by atoms with Gasteiger partial charge in [-0.05, 0) is 25.8 Å². The fourth-order valence-corrected chi connectivity index (χ4v) is 2.48. The second-order valence-corrected chi connectivity index (χ2v) is 5.20. The summed E-state index contributed by atoms with van der Waals surface area (Å²) < 4.78 is 5.00. The van der Waals surface area contributed by atoms with Crippen LogP contribution in [0.1, 0.15) is 44.3 Å². The van der Waals surface area contributed by atoms with Crippen LogP contribution >= 0.6 is 12.4 Å². The van der Waals surface area contributed by atoms with Crippen LogP contribution in [-0.2, 0) is 17.9 Å². The summed E-state index contributed by atoms with van der Waals surface area (Å²) in [6.45, 7) is 4.75. The Morgan fingerprint density at radius 2 is 2.38 bits per heavy atom. The Labute approximate surface area is 131 Å². The maximum absolute atomic E-state index is 11.6. The Bertz CT molecular complexity index is 440. The van der Waals surface area contributed by atoms with E-state index in [1.54, 1.807) is 0 Å². The number of nitrogens with zero attached hydrogens (tertiary/aromatic N) is 3. The molecular formula is C13H24ClN5O2. The van der Waals surface area contributed by atoms with Crippen molar-refractivity contribution in [3.05, 3.63) is 11.7 Å². The highest BCUT2D eigenvalue weighted by molar-refractivity contribution is 5.85. The molecule has 120 valence electrons. The number of carbonyl (C=O) groups excluding carboxylic acids is 1. The summed E-state index contributed by atoms with van der Waals surface area (Å²) >= 11 is 0. The van der Waals surface area contributed by atoms with Crippen LogP contribution in [0.2, 0.25) is 0 Å². The van der Waals surface area contributed by atoms with Crippen LogP contribution in [0.5, 0.6) is 0 Å². The Balaban J connectivity index is 0.00000220. The molecule has 0 aliphatic carbocycles. The van der Waals surface area contributed by atoms with Gasteiger partial charge in [0.05, 0.1) is 13.1 Å². The number of aromatic nitrogens is 2. The Kier molecular flexibility index (Phi) is 7.63. The Morgan fingerprint density at radius 1 is 1.57 bits per heavy atom. The Hall–Kier alpha value is -1.18. The van der Waals surface area contributed by atoms with Gasteiger partial charge in [-0.1, -0.05) is 12.1 Å². The number of amides is 1. The van der Waals surface area contributed by atoms with E-state index in [1.165, 1.54) is 0 Å². The van der Waals surface area contributed by atoms with Gasteiger partial charge in [0.2, 0.25) is 11.8 Å². The topological polar surface area (TPSA) is 97.3 Å². The van der Waals surface area contributed by atoms with Crippen LogP contribution in [-0.4, -0.2) is 40.1 Å². The van der Waals surface area contributed by atoms with E-state index in [0.717, 1.165) is 32.4 Å². The van der Waals surface area contributed by atoms with Gasteiger partial charge in [-0.15, -0.1) is 12.4 Å². The highest BCUT2D eigenvalue weighted by atomic mass is 35.5. The van der Waals surface area contributed by atoms with Crippen LogP contribution in [0.15, 0.2) is 4.52 Å². The second kappa shape index (κ2) is 8.96. The number of nitrogens with one attached hydrogen (secondary N) is 1. The predicted octanol–water partition coefficient (Wildman–Crippen LogP) is 0.831. The normalized spacial score (nSPS) is 19.0. The molecule has 7 nitrogen and oxygen atoms in total. The molecule has 21 heavy (non-hydrogen) atoms. The molecule has 0 saturated carbocycles. The average molecular weight is 318 g/mol. The predicted molar refractivity (Wildman–Crippen MR) is 80.8 cm³/mol. The number of nitrogens with two attached hydrogens (primary N) is 1. The van der Waals surface area contributed by atoms with Gasteiger partial charge in [0.15, 0.2) is 5.82 Å². The van der Waals surface area contributed by atoms with Gasteiger partial charge < -0.3 is 15.6 Å². The van der Waals surface area contributed by atoms with Crippen LogP contribution < -0.4 is 11.1 Å². The molecule has 1 saturated heterocycles. The molecule has 1 aliphatic rings. The number of piperidine rings is 1. The summed E-state index contributed by atoms with van der Waals surface area (Å²) in [4.78, 5) is 18.1. The first-order chi connectivity index (χ1) is 9.71. The van der Waals surface area contributed by atoms with E-state index in [4.69, 9.17) is 10.3 Å². The zero-order valence-corrected chi connectivity index (χ0v) is 13.2. The number of hydrogen-bond acceptors (Lipinski definition) is 6. The third-order valence-corrected chi connectivity index (χ3v) is 3.40. The SMILES string of the molecule is CCCC(=O)NC1CCCN(Cc2noc(CN)n2)C1.Cl. The number of rotatable bonds is 6. The van der Waals surface area contributed by atoms with E-state index >= 15 is 0 Å². The molecule has 0 bridgehead atoms. The van der Waals surface area contributed by atoms with Crippen molar-refractivity contribution in [3.63, 3.8) is 0 Å². The molecule has 1 atom stereocenters. The summed E-state index contributed by atoms with van der Waals surface area (Å²) in [6, 6.07) is 0.226. The van der Waals surface area contributed by atoms with Crippen molar-refractivity contribution < 1.29 is 9.32 Å². The fraction of sp³-hybridized carbons (Fsp3) is 0.769. The quantitative estimate of drug-likeness (QED) is 0.806. The largest absolute Gasteiger partial charge is 0.352 e. The third kappa shape index (κ3) is 5.61. The first-order valence-corrected chi connectivity index (χ1v) is 7.24. The lowest BCUT2D eigenvalue weighted by molar-refractivity contribution is -0.122. The van der Waals surface area contributed by atoms with Gasteiger partial charge in [0.25, 0.3) is 0 Å². The summed E-state index contributed by atoms with van der Waals surface area (Å²) in [6.07, 6.45) is 3.58. The molecule has 0 aromatic carbocycles. The summed E-state index contributed by atoms with van der Waals surface area (Å²) in [7, 11) is 0. The molecule has 1 aliphatic heterocycles. The lowest BCUT2D eigenvalue weighted by Crippen LogP contribution is -2.47. The van der Waals surface area contributed by atoms with Gasteiger partial charge in [-0.2, -0.15) is 4.98 Å². The molecule has 3 N–H and O–H groups in total. The van der Waals surface area contributed by atoms with Crippen LogP contribution in [0.25, 0.3) is 0 Å². The van der Waals surface area contributed by atoms with Crippen LogP contribution in [0, 0.1) is 0 Å². The van der Waals surface area contributed by atoms with Crippen molar-refractivity contribution in [2.75, 3.05) is 13.1 Å². The number of carbonyl (C=O) groups is 1. The van der Waals surface area contributed by atoms with Crippen molar-refractivity contribution in [3.8, 4) is 0 Å². The summed E-state index contributed by atoms with van der Waals surface area (Å²) in [5, 5.41) is 6.99. The zero-order valence-electron chi connectivity index (χ0n) is 12.4. The monoisotopic (exact) mass is 317 g/mol. The minimum absolute atomic E-state index is 0. The molecule has 1 fully saturated rings. The first-order valence-electron chi connectivity index (χ1n) is 7.24. The fourth-order valence-electron chi connectivity index (χ4n) is 2.48. The standard InChI is InChI=1S/C13H23N5O2.ClH/c1-2-4-12(19)15-10-5-3-6-18(8-10)9-11-16-13(7-14)20-17-11;/h10H,2-9,14H2,1H3,(H,15,19);1H. The molecule has 2 rings (SSSR count). The van der Waals surface area contributed by atoms with Crippen molar-refractivity contribution in [1.29, 1.82) is 0 Å². The third-order valence-electron chi connectivity index (χ3n) is 3.40. The molecule has 0 spiro atoms. The van der Waals surface area contributed by atoms with Gasteiger partial charge in [-0.25, -0.2) is 0 Å². The van der Waals surface area contributed by atoms with E-state index in [2.05, 4.69) is 20.4 Å². The molecule has 1 aromatic heterocycles. The lowest BCUT2D eigenvalue weighted by atomic mass is 10.1. The van der Waals surface area contributed by atoms with Crippen LogP contribution in [0.4, 0.5) is 0 Å². The number of likely N-dealkylation sites (tertiary alicyclic amines) is 1. The molecule has 8 heteroatoms. The average Bonchev–Trinajstić information content (AvgIpc) is 2.87. The minimum Gasteiger partial charge on any atom is -0.352 e. The molecular weight excluding hydrogens is 294 g/mol. The maximum Gasteiger partial charge on any atom is 0.240 e. The molecule has 1 aromatic rings. The van der Waals surface area contributed by atoms with Crippen molar-refractivity contribution in [2.45, 2.75) is 51.7 Å². The summed E-state index contributed by atoms with van der Waals surface area (Å²) in [5.41, 5.74) is 5.44. The van der Waals surface area contributed by atoms with Gasteiger partial charge in [-0.3, -0.25) is 9.69 Å². The molecule has 1 unspecified atom stereocenters.